The number of rotatable bonds is 5. The molecule has 2 heterocycles. The summed E-state index contributed by atoms with van der Waals surface area (Å²) >= 11 is 0. The number of H-pyrrole nitrogens is 1. The molecule has 28 heavy (non-hydrogen) atoms. The van der Waals surface area contributed by atoms with Crippen molar-refractivity contribution in [2.24, 2.45) is 5.41 Å². The summed E-state index contributed by atoms with van der Waals surface area (Å²) in [6, 6.07) is 0.123. The summed E-state index contributed by atoms with van der Waals surface area (Å²) in [4.78, 5) is 21.6. The molecule has 3 rings (SSSR count). The molecule has 0 aliphatic heterocycles. The maximum atomic E-state index is 12.1. The fraction of sp³-hybridized carbons (Fsp3) is 0.619. The van der Waals surface area contributed by atoms with Crippen LogP contribution in [0.25, 0.3) is 0 Å². The van der Waals surface area contributed by atoms with E-state index in [1.165, 1.54) is 0 Å². The monoisotopic (exact) mass is 385 g/mol. The van der Waals surface area contributed by atoms with Crippen molar-refractivity contribution in [1.82, 2.24) is 25.5 Å². The van der Waals surface area contributed by atoms with Gasteiger partial charge >= 0.3 is 5.97 Å². The van der Waals surface area contributed by atoms with Crippen LogP contribution in [0.5, 0.6) is 0 Å². The highest BCUT2D eigenvalue weighted by atomic mass is 16.5. The minimum absolute atomic E-state index is 0.0785. The topological polar surface area (TPSA) is 92.8 Å². The van der Waals surface area contributed by atoms with Crippen LogP contribution in [0, 0.1) is 5.41 Å². The Balaban J connectivity index is 1.82. The van der Waals surface area contributed by atoms with Gasteiger partial charge in [0.1, 0.15) is 11.5 Å². The molecule has 7 nitrogen and oxygen atoms in total. The summed E-state index contributed by atoms with van der Waals surface area (Å²) in [5.74, 6) is 0.501. The third kappa shape index (κ3) is 4.41. The number of fused-ring (bicyclic) bond motifs is 1. The van der Waals surface area contributed by atoms with E-state index in [-0.39, 0.29) is 22.8 Å². The molecule has 1 aliphatic carbocycles. The van der Waals surface area contributed by atoms with E-state index < -0.39 is 0 Å². The van der Waals surface area contributed by atoms with E-state index in [4.69, 9.17) is 9.72 Å². The Bertz CT molecular complexity index is 851. The number of ether oxygens (including phenoxy) is 1. The molecule has 0 fully saturated rings. The lowest BCUT2D eigenvalue weighted by Crippen LogP contribution is -2.35. The predicted octanol–water partition coefficient (Wildman–Crippen LogP) is 3.48. The Kier molecular flexibility index (Phi) is 5.57. The average Bonchev–Trinajstić information content (AvgIpc) is 3.06. The lowest BCUT2D eigenvalue weighted by molar-refractivity contribution is 0.0518. The van der Waals surface area contributed by atoms with Gasteiger partial charge < -0.3 is 10.1 Å². The van der Waals surface area contributed by atoms with Crippen molar-refractivity contribution in [2.75, 3.05) is 6.61 Å². The van der Waals surface area contributed by atoms with Crippen molar-refractivity contribution in [3.8, 4) is 0 Å². The molecule has 1 atom stereocenters. The summed E-state index contributed by atoms with van der Waals surface area (Å²) < 4.78 is 5.10. The first kappa shape index (κ1) is 20.5. The van der Waals surface area contributed by atoms with Gasteiger partial charge in [0.25, 0.3) is 0 Å². The zero-order chi connectivity index (χ0) is 20.5. The summed E-state index contributed by atoms with van der Waals surface area (Å²) in [5, 5.41) is 10.3. The van der Waals surface area contributed by atoms with E-state index in [0.717, 1.165) is 35.5 Å². The molecule has 0 aromatic carbocycles. The molecular weight excluding hydrogens is 354 g/mol. The Morgan fingerprint density at radius 2 is 2.11 bits per heavy atom. The van der Waals surface area contributed by atoms with Crippen molar-refractivity contribution in [3.05, 3.63) is 40.7 Å². The van der Waals surface area contributed by atoms with Gasteiger partial charge in [0.15, 0.2) is 0 Å². The lowest BCUT2D eigenvalue weighted by atomic mass is 9.74. The number of aromatic amines is 1. The van der Waals surface area contributed by atoms with Crippen LogP contribution >= 0.6 is 0 Å². The Labute approximate surface area is 166 Å². The Morgan fingerprint density at radius 3 is 2.79 bits per heavy atom. The molecule has 0 saturated carbocycles. The van der Waals surface area contributed by atoms with Gasteiger partial charge in [-0.25, -0.2) is 14.8 Å². The largest absolute Gasteiger partial charge is 0.461 e. The van der Waals surface area contributed by atoms with E-state index in [0.29, 0.717) is 18.8 Å². The van der Waals surface area contributed by atoms with Gasteiger partial charge in [-0.2, -0.15) is 5.10 Å². The fourth-order valence-electron chi connectivity index (χ4n) is 3.65. The van der Waals surface area contributed by atoms with Crippen LogP contribution in [-0.4, -0.2) is 32.7 Å². The Hall–Kier alpha value is -2.28. The van der Waals surface area contributed by atoms with Gasteiger partial charge in [-0.1, -0.05) is 34.6 Å². The van der Waals surface area contributed by atoms with Crippen LogP contribution in [0.4, 0.5) is 0 Å². The molecule has 0 bridgehead atoms. The van der Waals surface area contributed by atoms with Crippen molar-refractivity contribution >= 4 is 5.97 Å². The van der Waals surface area contributed by atoms with Crippen LogP contribution in [0.1, 0.15) is 87.1 Å². The number of hydrogen-bond acceptors (Lipinski definition) is 6. The number of esters is 1. The molecule has 0 unspecified atom stereocenters. The SMILES string of the molecule is CCOC(=O)c1[nH]ncc1CN[C@H]1CC(C)(C)Cc2nc(C(C)(C)C)ncc21. The number of hydrogen-bond donors (Lipinski definition) is 2. The quantitative estimate of drug-likeness (QED) is 0.766. The van der Waals surface area contributed by atoms with Gasteiger partial charge in [0, 0.05) is 41.0 Å². The van der Waals surface area contributed by atoms with Gasteiger partial charge in [0.05, 0.1) is 12.8 Å². The van der Waals surface area contributed by atoms with Crippen LogP contribution in [0.3, 0.4) is 0 Å². The van der Waals surface area contributed by atoms with Crippen molar-refractivity contribution in [1.29, 1.82) is 0 Å². The van der Waals surface area contributed by atoms with Crippen molar-refractivity contribution in [2.45, 2.75) is 72.4 Å². The van der Waals surface area contributed by atoms with E-state index in [2.05, 4.69) is 55.1 Å². The first-order chi connectivity index (χ1) is 13.1. The van der Waals surface area contributed by atoms with Gasteiger partial charge in [-0.3, -0.25) is 5.10 Å². The molecule has 1 aliphatic rings. The third-order valence-corrected chi connectivity index (χ3v) is 5.09. The van der Waals surface area contributed by atoms with E-state index in [1.54, 1.807) is 13.1 Å². The molecule has 0 spiro atoms. The number of aromatic nitrogens is 4. The highest BCUT2D eigenvalue weighted by molar-refractivity contribution is 5.88. The highest BCUT2D eigenvalue weighted by Gasteiger charge is 2.34. The van der Waals surface area contributed by atoms with Crippen LogP contribution in [0.2, 0.25) is 0 Å². The van der Waals surface area contributed by atoms with Crippen LogP contribution in [0.15, 0.2) is 12.4 Å². The maximum Gasteiger partial charge on any atom is 0.356 e. The Morgan fingerprint density at radius 1 is 1.36 bits per heavy atom. The van der Waals surface area contributed by atoms with Gasteiger partial charge in [-0.15, -0.1) is 0 Å². The van der Waals surface area contributed by atoms with Crippen LogP contribution in [-0.2, 0) is 23.1 Å². The molecule has 2 aromatic rings. The van der Waals surface area contributed by atoms with Crippen molar-refractivity contribution < 1.29 is 9.53 Å². The highest BCUT2D eigenvalue weighted by Crippen LogP contribution is 2.40. The maximum absolute atomic E-state index is 12.1. The second kappa shape index (κ2) is 7.62. The number of carbonyl (C=O) groups is 1. The number of carbonyl (C=O) groups excluding carboxylic acids is 1. The van der Waals surface area contributed by atoms with E-state index >= 15 is 0 Å². The molecular formula is C21H31N5O2. The summed E-state index contributed by atoms with van der Waals surface area (Å²) in [6.45, 7) is 13.6. The second-order valence-corrected chi connectivity index (χ2v) is 9.31. The van der Waals surface area contributed by atoms with E-state index in [1.807, 2.05) is 6.20 Å². The molecule has 0 radical (unpaired) electrons. The van der Waals surface area contributed by atoms with Crippen LogP contribution < -0.4 is 5.32 Å². The molecule has 2 N–H and O–H groups in total. The predicted molar refractivity (Wildman–Crippen MR) is 107 cm³/mol. The minimum atomic E-state index is -0.376. The standard InChI is InChI=1S/C21H31N5O2/c1-7-28-18(27)17-13(11-24-26-17)10-22-15-8-21(5,6)9-16-14(15)12-23-19(25-16)20(2,3)4/h11-12,15,22H,7-10H2,1-6H3,(H,24,26)/t15-/m0/s1. The average molecular weight is 386 g/mol. The summed E-state index contributed by atoms with van der Waals surface area (Å²) in [5.41, 5.74) is 3.53. The third-order valence-electron chi connectivity index (χ3n) is 5.09. The molecule has 0 amide bonds. The lowest BCUT2D eigenvalue weighted by Gasteiger charge is -2.37. The summed E-state index contributed by atoms with van der Waals surface area (Å²) in [6.07, 6.45) is 5.56. The molecule has 7 heteroatoms. The number of nitrogens with one attached hydrogen (secondary N) is 2. The zero-order valence-corrected chi connectivity index (χ0v) is 17.7. The fourth-order valence-corrected chi connectivity index (χ4v) is 3.65. The summed E-state index contributed by atoms with van der Waals surface area (Å²) in [7, 11) is 0. The minimum Gasteiger partial charge on any atom is -0.461 e. The first-order valence-corrected chi connectivity index (χ1v) is 9.90. The molecule has 0 saturated heterocycles. The normalized spacial score (nSPS) is 18.6. The van der Waals surface area contributed by atoms with Gasteiger partial charge in [-0.05, 0) is 25.2 Å². The zero-order valence-electron chi connectivity index (χ0n) is 17.7. The first-order valence-electron chi connectivity index (χ1n) is 9.90. The van der Waals surface area contributed by atoms with Crippen molar-refractivity contribution in [3.63, 3.8) is 0 Å². The van der Waals surface area contributed by atoms with Gasteiger partial charge in [0.2, 0.25) is 0 Å². The van der Waals surface area contributed by atoms with E-state index in [9.17, 15) is 4.79 Å². The molecule has 152 valence electrons. The smallest absolute Gasteiger partial charge is 0.356 e. The number of nitrogens with zero attached hydrogens (tertiary/aromatic N) is 3. The second-order valence-electron chi connectivity index (χ2n) is 9.31. The molecule has 2 aromatic heterocycles.